The molecule has 6 heteroatoms. The maximum atomic E-state index is 12.4. The molecule has 1 amide bonds. The number of rotatable bonds is 3. The number of fused-ring (bicyclic) bond motifs is 1. The van der Waals surface area contributed by atoms with E-state index in [0.29, 0.717) is 22.3 Å². The van der Waals surface area contributed by atoms with Gasteiger partial charge in [-0.2, -0.15) is 0 Å². The van der Waals surface area contributed by atoms with Crippen molar-refractivity contribution in [2.75, 3.05) is 5.32 Å². The maximum Gasteiger partial charge on any atom is 0.255 e. The van der Waals surface area contributed by atoms with Crippen LogP contribution in [-0.4, -0.2) is 26.0 Å². The number of nitrogens with zero attached hydrogens (tertiary/aromatic N) is 3. The number of anilines is 1. The topological polar surface area (TPSA) is 80.0 Å². The number of hydrogen-bond acceptors (Lipinski definition) is 4. The fraction of sp³-hybridized carbons (Fsp3) is 0.188. The molecule has 22 heavy (non-hydrogen) atoms. The molecule has 0 spiro atoms. The van der Waals surface area contributed by atoms with Crippen LogP contribution in [0.25, 0.3) is 11.0 Å². The molecule has 2 N–H and O–H groups in total. The second-order valence-corrected chi connectivity index (χ2v) is 5.13. The molecule has 0 saturated heterocycles. The lowest BCUT2D eigenvalue weighted by atomic mass is 10.1. The van der Waals surface area contributed by atoms with Crippen LogP contribution >= 0.6 is 0 Å². The molecule has 0 bridgehead atoms. The molecule has 1 atom stereocenters. The zero-order valence-corrected chi connectivity index (χ0v) is 12.3. The molecule has 0 fully saturated rings. The van der Waals surface area contributed by atoms with Crippen molar-refractivity contribution in [1.82, 2.24) is 15.0 Å². The number of aromatic nitrogens is 3. The van der Waals surface area contributed by atoms with Gasteiger partial charge in [-0.15, -0.1) is 5.10 Å². The maximum absolute atomic E-state index is 12.4. The van der Waals surface area contributed by atoms with Crippen molar-refractivity contribution in [3.05, 3.63) is 53.6 Å². The molecule has 6 nitrogen and oxygen atoms in total. The van der Waals surface area contributed by atoms with Crippen molar-refractivity contribution in [1.29, 1.82) is 0 Å². The van der Waals surface area contributed by atoms with Crippen molar-refractivity contribution >= 4 is 22.6 Å². The molecule has 1 aromatic heterocycles. The molecule has 3 aromatic rings. The minimum Gasteiger partial charge on any atom is -0.389 e. The SMILES string of the molecule is CC(O)c1ccccc1NC(=O)c1ccc2c(c1)nnn2C. The van der Waals surface area contributed by atoms with Crippen LogP contribution in [0.3, 0.4) is 0 Å². The third kappa shape index (κ3) is 2.56. The van der Waals surface area contributed by atoms with Gasteiger partial charge in [0.2, 0.25) is 0 Å². The first-order chi connectivity index (χ1) is 10.6. The number of aliphatic hydroxyl groups excluding tert-OH is 1. The van der Waals surface area contributed by atoms with Crippen LogP contribution in [0.5, 0.6) is 0 Å². The summed E-state index contributed by atoms with van der Waals surface area (Å²) in [6.45, 7) is 1.66. The molecule has 0 radical (unpaired) electrons. The highest BCUT2D eigenvalue weighted by Crippen LogP contribution is 2.23. The van der Waals surface area contributed by atoms with Crippen molar-refractivity contribution in [3.63, 3.8) is 0 Å². The molecular formula is C16H16N4O2. The van der Waals surface area contributed by atoms with Crippen LogP contribution in [0, 0.1) is 0 Å². The Morgan fingerprint density at radius 3 is 2.82 bits per heavy atom. The van der Waals surface area contributed by atoms with Crippen LogP contribution in [0.1, 0.15) is 28.9 Å². The van der Waals surface area contributed by atoms with Gasteiger partial charge in [0, 0.05) is 23.9 Å². The molecule has 1 unspecified atom stereocenters. The van der Waals surface area contributed by atoms with Gasteiger partial charge in [0.05, 0.1) is 11.6 Å². The summed E-state index contributed by atoms with van der Waals surface area (Å²) in [7, 11) is 1.80. The first kappa shape index (κ1) is 14.2. The van der Waals surface area contributed by atoms with Gasteiger partial charge in [0.25, 0.3) is 5.91 Å². The van der Waals surface area contributed by atoms with E-state index >= 15 is 0 Å². The van der Waals surface area contributed by atoms with Crippen molar-refractivity contribution in [3.8, 4) is 0 Å². The van der Waals surface area contributed by atoms with Crippen LogP contribution < -0.4 is 5.32 Å². The standard InChI is InChI=1S/C16H16N4O2/c1-10(21)12-5-3-4-6-13(12)17-16(22)11-7-8-15-14(9-11)18-19-20(15)2/h3-10,21H,1-2H3,(H,17,22). The summed E-state index contributed by atoms with van der Waals surface area (Å²) in [5, 5.41) is 20.5. The minimum absolute atomic E-state index is 0.249. The number of carbonyl (C=O) groups excluding carboxylic acids is 1. The fourth-order valence-electron chi connectivity index (χ4n) is 2.35. The average Bonchev–Trinajstić information content (AvgIpc) is 2.88. The van der Waals surface area contributed by atoms with Gasteiger partial charge < -0.3 is 10.4 Å². The van der Waals surface area contributed by atoms with Gasteiger partial charge >= 0.3 is 0 Å². The monoisotopic (exact) mass is 296 g/mol. The lowest BCUT2D eigenvalue weighted by Gasteiger charge is -2.13. The molecule has 112 valence electrons. The molecular weight excluding hydrogens is 280 g/mol. The van der Waals surface area contributed by atoms with Crippen LogP contribution in [0.15, 0.2) is 42.5 Å². The van der Waals surface area contributed by atoms with E-state index in [9.17, 15) is 9.90 Å². The Kier molecular flexibility index (Phi) is 3.60. The van der Waals surface area contributed by atoms with Crippen molar-refractivity contribution in [2.24, 2.45) is 7.05 Å². The van der Waals surface area contributed by atoms with E-state index in [-0.39, 0.29) is 5.91 Å². The molecule has 0 aliphatic carbocycles. The number of aryl methyl sites for hydroxylation is 1. The van der Waals surface area contributed by atoms with Crippen molar-refractivity contribution in [2.45, 2.75) is 13.0 Å². The van der Waals surface area contributed by atoms with E-state index in [0.717, 1.165) is 5.52 Å². The number of carbonyl (C=O) groups is 1. The van der Waals surface area contributed by atoms with E-state index in [4.69, 9.17) is 0 Å². The summed E-state index contributed by atoms with van der Waals surface area (Å²) < 4.78 is 1.65. The second-order valence-electron chi connectivity index (χ2n) is 5.13. The highest BCUT2D eigenvalue weighted by atomic mass is 16.3. The fourth-order valence-corrected chi connectivity index (χ4v) is 2.35. The third-order valence-corrected chi connectivity index (χ3v) is 3.53. The Balaban J connectivity index is 1.90. The summed E-state index contributed by atoms with van der Waals surface area (Å²) in [4.78, 5) is 12.4. The highest BCUT2D eigenvalue weighted by molar-refractivity contribution is 6.06. The number of nitrogens with one attached hydrogen (secondary N) is 1. The van der Waals surface area contributed by atoms with Crippen LogP contribution in [-0.2, 0) is 7.05 Å². The summed E-state index contributed by atoms with van der Waals surface area (Å²) >= 11 is 0. The number of para-hydroxylation sites is 1. The van der Waals surface area contributed by atoms with Gasteiger partial charge in [-0.3, -0.25) is 4.79 Å². The van der Waals surface area contributed by atoms with E-state index in [2.05, 4.69) is 15.6 Å². The predicted octanol–water partition coefficient (Wildman–Crippen LogP) is 2.27. The minimum atomic E-state index is -0.654. The summed E-state index contributed by atoms with van der Waals surface area (Å²) in [6, 6.07) is 12.4. The Bertz CT molecular complexity index is 839. The van der Waals surface area contributed by atoms with Crippen LogP contribution in [0.4, 0.5) is 5.69 Å². The van der Waals surface area contributed by atoms with Gasteiger partial charge in [0.15, 0.2) is 0 Å². The first-order valence-electron chi connectivity index (χ1n) is 6.94. The zero-order chi connectivity index (χ0) is 15.7. The van der Waals surface area contributed by atoms with Gasteiger partial charge in [0.1, 0.15) is 5.52 Å². The van der Waals surface area contributed by atoms with E-state index in [1.54, 1.807) is 42.9 Å². The van der Waals surface area contributed by atoms with Crippen LogP contribution in [0.2, 0.25) is 0 Å². The quantitative estimate of drug-likeness (QED) is 0.777. The summed E-state index contributed by atoms with van der Waals surface area (Å²) in [5.41, 5.74) is 3.30. The number of hydrogen-bond donors (Lipinski definition) is 2. The Morgan fingerprint density at radius 2 is 2.05 bits per heavy atom. The van der Waals surface area contributed by atoms with Gasteiger partial charge in [-0.1, -0.05) is 23.4 Å². The largest absolute Gasteiger partial charge is 0.389 e. The zero-order valence-electron chi connectivity index (χ0n) is 12.3. The van der Waals surface area contributed by atoms with Crippen molar-refractivity contribution < 1.29 is 9.90 Å². The molecule has 0 aliphatic rings. The summed E-state index contributed by atoms with van der Waals surface area (Å²) in [6.07, 6.45) is -0.654. The van der Waals surface area contributed by atoms with Gasteiger partial charge in [-0.05, 0) is 31.2 Å². The molecule has 3 rings (SSSR count). The molecule has 1 heterocycles. The first-order valence-corrected chi connectivity index (χ1v) is 6.94. The molecule has 0 saturated carbocycles. The third-order valence-electron chi connectivity index (χ3n) is 3.53. The molecule has 0 aliphatic heterocycles. The second kappa shape index (κ2) is 5.57. The highest BCUT2D eigenvalue weighted by Gasteiger charge is 2.13. The number of amides is 1. The lowest BCUT2D eigenvalue weighted by molar-refractivity contribution is 0.102. The van der Waals surface area contributed by atoms with Gasteiger partial charge in [-0.25, -0.2) is 4.68 Å². The lowest BCUT2D eigenvalue weighted by Crippen LogP contribution is -2.14. The number of benzene rings is 2. The van der Waals surface area contributed by atoms with E-state index in [1.807, 2.05) is 18.2 Å². The summed E-state index contributed by atoms with van der Waals surface area (Å²) in [5.74, 6) is -0.249. The Morgan fingerprint density at radius 1 is 1.27 bits per heavy atom. The predicted molar refractivity (Wildman–Crippen MR) is 83.5 cm³/mol. The Labute approximate surface area is 127 Å². The van der Waals surface area contributed by atoms with E-state index in [1.165, 1.54) is 0 Å². The normalized spacial score (nSPS) is 12.3. The molecule has 2 aromatic carbocycles. The number of aliphatic hydroxyl groups is 1. The Hall–Kier alpha value is -2.73. The average molecular weight is 296 g/mol. The van der Waals surface area contributed by atoms with E-state index < -0.39 is 6.10 Å². The smallest absolute Gasteiger partial charge is 0.255 e.